The number of hydrogen-bond acceptors (Lipinski definition) is 3. The lowest BCUT2D eigenvalue weighted by molar-refractivity contribution is 0.118. The molecule has 4 atom stereocenters. The SMILES string of the molecule is CC(C)(C)[Si](C)(C)OC[C@H](O)CSC(P)(P)P. The molecular weight excluding hydrogens is 305 g/mol. The highest BCUT2D eigenvalue weighted by atomic mass is 32.2. The minimum Gasteiger partial charge on any atom is -0.414 e. The molecule has 0 aliphatic heterocycles. The molecule has 0 heterocycles. The maximum Gasteiger partial charge on any atom is 0.192 e. The normalized spacial score (nSPS) is 16.1. The van der Waals surface area contributed by atoms with Gasteiger partial charge in [0.1, 0.15) is 0 Å². The van der Waals surface area contributed by atoms with Crippen molar-refractivity contribution in [1.29, 1.82) is 0 Å². The van der Waals surface area contributed by atoms with Crippen LogP contribution in [0.2, 0.25) is 18.1 Å². The topological polar surface area (TPSA) is 29.5 Å². The van der Waals surface area contributed by atoms with E-state index in [-0.39, 0.29) is 9.01 Å². The highest BCUT2D eigenvalue weighted by Crippen LogP contribution is 2.45. The molecular formula is C10H27O2P3SSi. The summed E-state index contributed by atoms with van der Waals surface area (Å²) in [6.07, 6.45) is -0.393. The van der Waals surface area contributed by atoms with Crippen molar-refractivity contribution in [3.05, 3.63) is 0 Å². The van der Waals surface area contributed by atoms with E-state index in [1.807, 2.05) is 0 Å². The molecule has 0 spiro atoms. The lowest BCUT2D eigenvalue weighted by Crippen LogP contribution is -2.43. The summed E-state index contributed by atoms with van der Waals surface area (Å²) < 4.78 is 5.93. The van der Waals surface area contributed by atoms with Crippen LogP contribution in [0.3, 0.4) is 0 Å². The predicted octanol–water partition coefficient (Wildman–Crippen LogP) is 3.34. The molecule has 17 heavy (non-hydrogen) atoms. The van der Waals surface area contributed by atoms with E-state index in [2.05, 4.69) is 61.6 Å². The van der Waals surface area contributed by atoms with Gasteiger partial charge in [-0.3, -0.25) is 0 Å². The van der Waals surface area contributed by atoms with Crippen LogP contribution in [0.15, 0.2) is 0 Å². The van der Waals surface area contributed by atoms with E-state index >= 15 is 0 Å². The Kier molecular flexibility index (Phi) is 7.71. The van der Waals surface area contributed by atoms with Crippen LogP contribution in [0, 0.1) is 0 Å². The van der Waals surface area contributed by atoms with Crippen LogP contribution in [-0.4, -0.2) is 35.9 Å². The molecule has 0 bridgehead atoms. The molecule has 0 aliphatic rings. The summed E-state index contributed by atoms with van der Waals surface area (Å²) in [5.41, 5.74) is 0. The summed E-state index contributed by atoms with van der Waals surface area (Å²) in [6, 6.07) is 0. The van der Waals surface area contributed by atoms with Crippen LogP contribution in [-0.2, 0) is 4.43 Å². The number of thioether (sulfide) groups is 1. The van der Waals surface area contributed by atoms with Gasteiger partial charge in [-0.2, -0.15) is 0 Å². The molecule has 2 nitrogen and oxygen atoms in total. The van der Waals surface area contributed by atoms with Crippen molar-refractivity contribution in [2.75, 3.05) is 12.4 Å². The van der Waals surface area contributed by atoms with E-state index in [9.17, 15) is 5.11 Å². The second-order valence-corrected chi connectivity index (χ2v) is 18.1. The third-order valence-electron chi connectivity index (χ3n) is 2.97. The first-order chi connectivity index (χ1) is 7.35. The molecule has 0 aromatic rings. The Hall–Kier alpha value is 1.78. The minimum atomic E-state index is -1.73. The fraction of sp³-hybridized carbons (Fsp3) is 1.00. The predicted molar refractivity (Wildman–Crippen MR) is 93.5 cm³/mol. The Balaban J connectivity index is 4.04. The maximum atomic E-state index is 9.89. The Morgan fingerprint density at radius 3 is 2.06 bits per heavy atom. The molecule has 1 N–H and O–H groups in total. The molecule has 0 fully saturated rings. The number of rotatable bonds is 6. The molecule has 0 rings (SSSR count). The van der Waals surface area contributed by atoms with E-state index in [1.54, 1.807) is 11.8 Å². The van der Waals surface area contributed by atoms with E-state index in [0.717, 1.165) is 0 Å². The second kappa shape index (κ2) is 6.98. The first-order valence-corrected chi connectivity index (χ1v) is 11.3. The van der Waals surface area contributed by atoms with Crippen LogP contribution in [0.25, 0.3) is 0 Å². The molecule has 0 radical (unpaired) electrons. The molecule has 0 aromatic carbocycles. The van der Waals surface area contributed by atoms with Gasteiger partial charge in [0.25, 0.3) is 0 Å². The van der Waals surface area contributed by atoms with Crippen molar-refractivity contribution in [2.24, 2.45) is 0 Å². The average Bonchev–Trinajstić information content (AvgIpc) is 2.08. The Bertz CT molecular complexity index is 239. The van der Waals surface area contributed by atoms with Crippen molar-refractivity contribution < 1.29 is 9.53 Å². The minimum absolute atomic E-state index is 0.0437. The quantitative estimate of drug-likeness (QED) is 0.597. The summed E-state index contributed by atoms with van der Waals surface area (Å²) in [5, 5.41) is 10.1. The van der Waals surface area contributed by atoms with Gasteiger partial charge >= 0.3 is 0 Å². The standard InChI is InChI=1S/C10H27O2P3SSi/c1-9(2,3)17(4,5)12-6-8(11)7-16-10(13,14)15/h8,11H,6-7,13-15H2,1-5H3/t8-/m0/s1. The molecule has 0 aliphatic carbocycles. The van der Waals surface area contributed by atoms with Gasteiger partial charge in [-0.25, -0.2) is 0 Å². The monoisotopic (exact) mass is 332 g/mol. The van der Waals surface area contributed by atoms with E-state index in [1.165, 1.54) is 0 Å². The molecule has 0 aromatic heterocycles. The van der Waals surface area contributed by atoms with E-state index in [0.29, 0.717) is 12.4 Å². The van der Waals surface area contributed by atoms with Gasteiger partial charge < -0.3 is 9.53 Å². The molecule has 104 valence electrons. The first-order valence-electron chi connectivity index (χ1n) is 5.68. The zero-order valence-corrected chi connectivity index (χ0v) is 16.8. The summed E-state index contributed by atoms with van der Waals surface area (Å²) in [5.74, 6) is 0.686. The molecule has 0 saturated heterocycles. The molecule has 7 heteroatoms. The fourth-order valence-corrected chi connectivity index (χ4v) is 3.30. The average molecular weight is 332 g/mol. The Morgan fingerprint density at radius 2 is 1.71 bits per heavy atom. The van der Waals surface area contributed by atoms with Gasteiger partial charge in [0.05, 0.1) is 16.7 Å². The first kappa shape index (κ1) is 18.8. The zero-order valence-electron chi connectivity index (χ0n) is 11.5. The van der Waals surface area contributed by atoms with Crippen LogP contribution < -0.4 is 0 Å². The lowest BCUT2D eigenvalue weighted by atomic mass is 10.2. The molecule has 0 saturated carbocycles. The van der Waals surface area contributed by atoms with Gasteiger partial charge in [0, 0.05) is 5.75 Å². The van der Waals surface area contributed by atoms with Crippen molar-refractivity contribution in [3.63, 3.8) is 0 Å². The zero-order chi connectivity index (χ0) is 13.9. The van der Waals surface area contributed by atoms with Crippen LogP contribution >= 0.6 is 39.5 Å². The fourth-order valence-electron chi connectivity index (χ4n) is 0.810. The molecule has 0 amide bonds. The second-order valence-electron chi connectivity index (χ2n) is 5.89. The smallest absolute Gasteiger partial charge is 0.192 e. The lowest BCUT2D eigenvalue weighted by Gasteiger charge is -2.36. The van der Waals surface area contributed by atoms with Gasteiger partial charge in [0.15, 0.2) is 8.32 Å². The van der Waals surface area contributed by atoms with E-state index < -0.39 is 14.4 Å². The highest BCUT2D eigenvalue weighted by Gasteiger charge is 2.37. The summed E-state index contributed by atoms with van der Waals surface area (Å²) in [6.45, 7) is 11.5. The van der Waals surface area contributed by atoms with Crippen LogP contribution in [0.5, 0.6) is 0 Å². The van der Waals surface area contributed by atoms with Crippen molar-refractivity contribution >= 4 is 47.8 Å². The number of hydrogen-bond donors (Lipinski definition) is 1. The summed E-state index contributed by atoms with van der Waals surface area (Å²) in [7, 11) is 6.39. The third-order valence-corrected chi connectivity index (χ3v) is 10.0. The van der Waals surface area contributed by atoms with Gasteiger partial charge in [-0.1, -0.05) is 20.8 Å². The van der Waals surface area contributed by atoms with Gasteiger partial charge in [0.2, 0.25) is 0 Å². The highest BCUT2D eigenvalue weighted by molar-refractivity contribution is 8.13. The summed E-state index contributed by atoms with van der Waals surface area (Å²) in [4.78, 5) is 0. The Labute approximate surface area is 119 Å². The van der Waals surface area contributed by atoms with Crippen LogP contribution in [0.1, 0.15) is 20.8 Å². The van der Waals surface area contributed by atoms with Crippen molar-refractivity contribution in [1.82, 2.24) is 0 Å². The van der Waals surface area contributed by atoms with Crippen LogP contribution in [0.4, 0.5) is 0 Å². The van der Waals surface area contributed by atoms with Crippen molar-refractivity contribution in [3.8, 4) is 0 Å². The number of aliphatic hydroxyl groups excluding tert-OH is 1. The number of aliphatic hydroxyl groups is 1. The largest absolute Gasteiger partial charge is 0.414 e. The van der Waals surface area contributed by atoms with Crippen molar-refractivity contribution in [2.45, 2.75) is 49.0 Å². The maximum absolute atomic E-state index is 9.89. The summed E-state index contributed by atoms with van der Waals surface area (Å²) >= 11 is 1.67. The molecule has 3 unspecified atom stereocenters. The van der Waals surface area contributed by atoms with Gasteiger partial charge in [-0.05, 0) is 18.1 Å². The van der Waals surface area contributed by atoms with Gasteiger partial charge in [-0.15, -0.1) is 39.5 Å². The third kappa shape index (κ3) is 8.53. The van der Waals surface area contributed by atoms with E-state index in [4.69, 9.17) is 4.43 Å². The Morgan fingerprint density at radius 1 is 1.24 bits per heavy atom.